The lowest BCUT2D eigenvalue weighted by atomic mass is 9.88. The molecule has 0 unspecified atom stereocenters. The molecule has 7 nitrogen and oxygen atoms in total. The number of nitrogens with zero attached hydrogens (tertiary/aromatic N) is 1. The molecule has 0 aliphatic carbocycles. The number of carbonyl (C=O) groups excluding carboxylic acids is 2. The van der Waals surface area contributed by atoms with Crippen molar-refractivity contribution in [2.45, 2.75) is 37.1 Å². The van der Waals surface area contributed by atoms with Gasteiger partial charge in [0.05, 0.1) is 12.0 Å². The predicted molar refractivity (Wildman–Crippen MR) is 169 cm³/mol. The maximum absolute atomic E-state index is 13.6. The van der Waals surface area contributed by atoms with Crippen LogP contribution >= 0.6 is 0 Å². The van der Waals surface area contributed by atoms with E-state index in [4.69, 9.17) is 11.5 Å². The van der Waals surface area contributed by atoms with Gasteiger partial charge < -0.3 is 16.8 Å². The van der Waals surface area contributed by atoms with E-state index in [1.165, 1.54) is 11.1 Å². The summed E-state index contributed by atoms with van der Waals surface area (Å²) in [5.41, 5.74) is 15.0. The van der Waals surface area contributed by atoms with Gasteiger partial charge in [0.15, 0.2) is 5.96 Å². The van der Waals surface area contributed by atoms with E-state index < -0.39 is 12.0 Å². The van der Waals surface area contributed by atoms with E-state index in [1.54, 1.807) is 0 Å². The summed E-state index contributed by atoms with van der Waals surface area (Å²) in [6, 6.07) is 39.1. The Bertz CT molecular complexity index is 1330. The topological polar surface area (TPSA) is 123 Å². The van der Waals surface area contributed by atoms with Gasteiger partial charge in [0.25, 0.3) is 0 Å². The average Bonchev–Trinajstić information content (AvgIpc) is 3.02. The second kappa shape index (κ2) is 15.9. The third kappa shape index (κ3) is 8.88. The number of benzene rings is 4. The lowest BCUT2D eigenvalue weighted by Gasteiger charge is -2.23. The van der Waals surface area contributed by atoms with E-state index in [9.17, 15) is 9.59 Å². The van der Waals surface area contributed by atoms with Crippen molar-refractivity contribution < 1.29 is 9.59 Å². The van der Waals surface area contributed by atoms with Crippen molar-refractivity contribution in [1.82, 2.24) is 10.6 Å². The average molecular weight is 562 g/mol. The van der Waals surface area contributed by atoms with Crippen molar-refractivity contribution in [3.8, 4) is 0 Å². The second-order valence-electron chi connectivity index (χ2n) is 10.2. The van der Waals surface area contributed by atoms with Gasteiger partial charge in [0.1, 0.15) is 0 Å². The lowest BCUT2D eigenvalue weighted by molar-refractivity contribution is -0.132. The number of aliphatic imine (C=N–C) groups is 1. The number of nitrogens with two attached hydrogens (primary N) is 2. The maximum atomic E-state index is 13.6. The number of guanidine groups is 1. The fourth-order valence-corrected chi connectivity index (χ4v) is 5.19. The van der Waals surface area contributed by atoms with Gasteiger partial charge in [-0.3, -0.25) is 19.9 Å². The highest BCUT2D eigenvalue weighted by atomic mass is 16.2. The van der Waals surface area contributed by atoms with Crippen molar-refractivity contribution >= 4 is 17.8 Å². The monoisotopic (exact) mass is 561 g/mol. The highest BCUT2D eigenvalue weighted by molar-refractivity contribution is 6.01. The van der Waals surface area contributed by atoms with Gasteiger partial charge in [-0.2, -0.15) is 0 Å². The Morgan fingerprint density at radius 2 is 1.07 bits per heavy atom. The van der Waals surface area contributed by atoms with Gasteiger partial charge >= 0.3 is 0 Å². The molecule has 0 radical (unpaired) electrons. The minimum Gasteiger partial charge on any atom is -0.370 e. The Hall–Kier alpha value is -4.75. The third-order valence-corrected chi connectivity index (χ3v) is 7.26. The minimum atomic E-state index is -0.612. The van der Waals surface area contributed by atoms with Gasteiger partial charge in [-0.05, 0) is 48.1 Å². The molecular formula is C35H39N5O2. The molecule has 6 N–H and O–H groups in total. The van der Waals surface area contributed by atoms with Crippen LogP contribution in [0.1, 0.15) is 53.4 Å². The van der Waals surface area contributed by atoms with Crippen LogP contribution in [-0.2, 0) is 9.59 Å². The molecule has 0 saturated carbocycles. The van der Waals surface area contributed by atoms with E-state index >= 15 is 0 Å². The second-order valence-corrected chi connectivity index (χ2v) is 10.2. The van der Waals surface area contributed by atoms with Gasteiger partial charge in [-0.25, -0.2) is 0 Å². The number of carbonyl (C=O) groups is 2. The van der Waals surface area contributed by atoms with Crippen LogP contribution < -0.4 is 22.1 Å². The number of rotatable bonds is 14. The summed E-state index contributed by atoms with van der Waals surface area (Å²) in [5, 5.41) is 6.13. The fraction of sp³-hybridized carbons (Fsp3) is 0.229. The van der Waals surface area contributed by atoms with Crippen LogP contribution in [0, 0.1) is 0 Å². The SMILES string of the molecule is NC(N)=NCCC[C@H](NCCC(c1ccccc1)c1ccccc1)C(=O)NC(=O)C(c1ccccc1)c1ccccc1. The van der Waals surface area contributed by atoms with Crippen molar-refractivity contribution in [2.75, 3.05) is 13.1 Å². The summed E-state index contributed by atoms with van der Waals surface area (Å²) in [6.07, 6.45) is 1.83. The summed E-state index contributed by atoms with van der Waals surface area (Å²) in [6.45, 7) is 0.971. The number of imide groups is 1. The van der Waals surface area contributed by atoms with Crippen LogP contribution in [0.25, 0.3) is 0 Å². The quantitative estimate of drug-likeness (QED) is 0.101. The van der Waals surface area contributed by atoms with Crippen LogP contribution in [0.15, 0.2) is 126 Å². The van der Waals surface area contributed by atoms with E-state index in [2.05, 4.69) is 39.9 Å². The third-order valence-electron chi connectivity index (χ3n) is 7.26. The molecule has 0 fully saturated rings. The van der Waals surface area contributed by atoms with Gasteiger partial charge in [-0.1, -0.05) is 121 Å². The van der Waals surface area contributed by atoms with Crippen LogP contribution in [0.5, 0.6) is 0 Å². The number of hydrogen-bond donors (Lipinski definition) is 4. The molecule has 4 aromatic rings. The van der Waals surface area contributed by atoms with Crippen LogP contribution in [0.2, 0.25) is 0 Å². The zero-order valence-corrected chi connectivity index (χ0v) is 23.7. The summed E-state index contributed by atoms with van der Waals surface area (Å²) in [7, 11) is 0. The van der Waals surface area contributed by atoms with Gasteiger partial charge in [-0.15, -0.1) is 0 Å². The first-order valence-corrected chi connectivity index (χ1v) is 14.4. The maximum Gasteiger partial charge on any atom is 0.243 e. The Balaban J connectivity index is 1.48. The van der Waals surface area contributed by atoms with E-state index in [1.807, 2.05) is 97.1 Å². The molecule has 0 aliphatic rings. The minimum absolute atomic E-state index is 0.0151. The first-order chi connectivity index (χ1) is 20.5. The van der Waals surface area contributed by atoms with Gasteiger partial charge in [0, 0.05) is 12.5 Å². The van der Waals surface area contributed by atoms with Crippen molar-refractivity contribution in [3.63, 3.8) is 0 Å². The fourth-order valence-electron chi connectivity index (χ4n) is 5.19. The van der Waals surface area contributed by atoms with E-state index in [0.717, 1.165) is 17.5 Å². The molecule has 0 spiro atoms. The highest BCUT2D eigenvalue weighted by Gasteiger charge is 2.27. The Labute approximate surface area is 248 Å². The van der Waals surface area contributed by atoms with Crippen molar-refractivity contribution in [3.05, 3.63) is 144 Å². The summed E-state index contributed by atoms with van der Waals surface area (Å²) >= 11 is 0. The zero-order chi connectivity index (χ0) is 29.6. The van der Waals surface area contributed by atoms with Crippen molar-refractivity contribution in [2.24, 2.45) is 16.5 Å². The number of hydrogen-bond acceptors (Lipinski definition) is 4. The number of amides is 2. The Morgan fingerprint density at radius 3 is 1.52 bits per heavy atom. The van der Waals surface area contributed by atoms with Crippen LogP contribution in [-0.4, -0.2) is 36.9 Å². The molecule has 0 heterocycles. The molecular weight excluding hydrogens is 522 g/mol. The van der Waals surface area contributed by atoms with E-state index in [-0.39, 0.29) is 23.7 Å². The number of nitrogens with one attached hydrogen (secondary N) is 2. The zero-order valence-electron chi connectivity index (χ0n) is 23.7. The molecule has 0 saturated heterocycles. The summed E-state index contributed by atoms with van der Waals surface area (Å²) < 4.78 is 0. The molecule has 0 bridgehead atoms. The largest absolute Gasteiger partial charge is 0.370 e. The first kappa shape index (κ1) is 30.2. The molecule has 1 atom stereocenters. The normalized spacial score (nSPS) is 11.7. The van der Waals surface area contributed by atoms with E-state index in [0.29, 0.717) is 25.9 Å². The van der Waals surface area contributed by atoms with Crippen molar-refractivity contribution in [1.29, 1.82) is 0 Å². The molecule has 2 amide bonds. The summed E-state index contributed by atoms with van der Waals surface area (Å²) in [5.74, 6) is -1.16. The molecule has 42 heavy (non-hydrogen) atoms. The predicted octanol–water partition coefficient (Wildman–Crippen LogP) is 4.70. The standard InChI is InChI=1S/C35H39N5O2/c36-35(37)39-24-13-22-31(38-25-23-30(26-14-5-1-6-15-26)27-16-7-2-8-17-27)33(41)40-34(42)32(28-18-9-3-10-19-28)29-20-11-4-12-21-29/h1-12,14-21,30-32,38H,13,22-25H2,(H4,36,37,39)(H,40,41,42)/t31-/m0/s1. The molecule has 4 aromatic carbocycles. The molecule has 7 heteroatoms. The molecule has 216 valence electrons. The smallest absolute Gasteiger partial charge is 0.243 e. The molecule has 4 rings (SSSR count). The Morgan fingerprint density at radius 1 is 0.619 bits per heavy atom. The van der Waals surface area contributed by atoms with Gasteiger partial charge in [0.2, 0.25) is 11.8 Å². The first-order valence-electron chi connectivity index (χ1n) is 14.4. The highest BCUT2D eigenvalue weighted by Crippen LogP contribution is 2.28. The lowest BCUT2D eigenvalue weighted by Crippen LogP contribution is -2.48. The van der Waals surface area contributed by atoms with Crippen LogP contribution in [0.3, 0.4) is 0 Å². The summed E-state index contributed by atoms with van der Waals surface area (Å²) in [4.78, 5) is 31.3. The molecule has 0 aromatic heterocycles. The molecule has 0 aliphatic heterocycles. The Kier molecular flexibility index (Phi) is 11.4. The van der Waals surface area contributed by atoms with Crippen LogP contribution in [0.4, 0.5) is 0 Å².